The van der Waals surface area contributed by atoms with E-state index in [2.05, 4.69) is 4.98 Å². The van der Waals surface area contributed by atoms with Crippen LogP contribution in [-0.2, 0) is 27.2 Å². The highest BCUT2D eigenvalue weighted by molar-refractivity contribution is 5.94. The first-order chi connectivity index (χ1) is 21.3. The predicted molar refractivity (Wildman–Crippen MR) is 168 cm³/mol. The molecule has 44 heavy (non-hydrogen) atoms. The quantitative estimate of drug-likeness (QED) is 0.277. The summed E-state index contributed by atoms with van der Waals surface area (Å²) in [5.74, 6) is -2.09. The average Bonchev–Trinajstić information content (AvgIpc) is 3.15. The maximum absolute atomic E-state index is 15.4. The third kappa shape index (κ3) is 5.63. The first-order valence-electron chi connectivity index (χ1n) is 14.8. The van der Waals surface area contributed by atoms with E-state index >= 15 is 4.39 Å². The van der Waals surface area contributed by atoms with Crippen molar-refractivity contribution < 1.29 is 18.8 Å². The zero-order valence-corrected chi connectivity index (χ0v) is 24.4. The molecule has 1 aliphatic heterocycles. The molecule has 8 heteroatoms. The monoisotopic (exact) mass is 588 g/mol. The molecule has 1 aromatic heterocycles. The summed E-state index contributed by atoms with van der Waals surface area (Å²) in [5.41, 5.74) is 8.50. The van der Waals surface area contributed by atoms with Crippen molar-refractivity contribution in [1.29, 1.82) is 0 Å². The first-order valence-corrected chi connectivity index (χ1v) is 14.8. The highest BCUT2D eigenvalue weighted by atomic mass is 19.1. The van der Waals surface area contributed by atoms with E-state index in [-0.39, 0.29) is 30.9 Å². The third-order valence-electron chi connectivity index (χ3n) is 8.57. The van der Waals surface area contributed by atoms with Crippen LogP contribution in [0.25, 0.3) is 21.7 Å². The van der Waals surface area contributed by atoms with Gasteiger partial charge < -0.3 is 15.5 Å². The van der Waals surface area contributed by atoms with Crippen molar-refractivity contribution in [2.45, 2.75) is 44.3 Å². The van der Waals surface area contributed by atoms with Crippen LogP contribution >= 0.6 is 0 Å². The molecule has 0 saturated carbocycles. The van der Waals surface area contributed by atoms with Gasteiger partial charge in [0.15, 0.2) is 0 Å². The standard InChI is InChI=1S/C36H33FN4O3/c1-23-17-19-40(32(35(38)43)22-26-10-6-9-25-8-2-3-12-28(25)26)36(44)34(29-13-4-5-14-30(29)37)41(23)33(42)21-24-15-16-31-27(20-24)11-7-18-39-31/h2-16,18,20,23,32,34H,17,19,21-22H2,1H3,(H2,38,43). The number of nitrogens with two attached hydrogens (primary N) is 1. The van der Waals surface area contributed by atoms with Crippen LogP contribution in [0.5, 0.6) is 0 Å². The molecular weight excluding hydrogens is 555 g/mol. The van der Waals surface area contributed by atoms with Gasteiger partial charge in [0.2, 0.25) is 11.8 Å². The Hall–Kier alpha value is -5.11. The first kappa shape index (κ1) is 29.0. The SMILES string of the molecule is CC1CCN(C(Cc2cccc3ccccc23)C(N)=O)C(=O)C(c2ccccc2F)N1C(=O)Cc1ccc2ncccc2c1. The minimum absolute atomic E-state index is 0.0165. The highest BCUT2D eigenvalue weighted by Crippen LogP contribution is 2.34. The molecule has 3 atom stereocenters. The summed E-state index contributed by atoms with van der Waals surface area (Å²) in [6.45, 7) is 2.05. The summed E-state index contributed by atoms with van der Waals surface area (Å²) < 4.78 is 15.4. The molecule has 2 N–H and O–H groups in total. The molecule has 222 valence electrons. The van der Waals surface area contributed by atoms with Gasteiger partial charge in [0.25, 0.3) is 5.91 Å². The van der Waals surface area contributed by atoms with Gasteiger partial charge >= 0.3 is 0 Å². The van der Waals surface area contributed by atoms with Crippen LogP contribution in [-0.4, -0.2) is 51.1 Å². The fraction of sp³-hybridized carbons (Fsp3) is 0.222. The van der Waals surface area contributed by atoms with Gasteiger partial charge in [-0.2, -0.15) is 0 Å². The van der Waals surface area contributed by atoms with E-state index in [0.717, 1.165) is 32.8 Å². The average molecular weight is 589 g/mol. The van der Waals surface area contributed by atoms with Gasteiger partial charge in [-0.05, 0) is 59.5 Å². The molecule has 3 amide bonds. The van der Waals surface area contributed by atoms with E-state index < -0.39 is 35.8 Å². The van der Waals surface area contributed by atoms with Crippen LogP contribution in [0.4, 0.5) is 4.39 Å². The van der Waals surface area contributed by atoms with Gasteiger partial charge in [0, 0.05) is 36.2 Å². The number of pyridine rings is 1. The van der Waals surface area contributed by atoms with Gasteiger partial charge in [-0.15, -0.1) is 0 Å². The number of amides is 3. The molecule has 1 aliphatic rings. The topological polar surface area (TPSA) is 96.6 Å². The molecular formula is C36H33FN4O3. The van der Waals surface area contributed by atoms with Gasteiger partial charge in [0.1, 0.15) is 17.9 Å². The van der Waals surface area contributed by atoms with E-state index in [1.165, 1.54) is 21.9 Å². The van der Waals surface area contributed by atoms with Crippen molar-refractivity contribution >= 4 is 39.4 Å². The summed E-state index contributed by atoms with van der Waals surface area (Å²) in [5, 5.41) is 2.87. The van der Waals surface area contributed by atoms with E-state index in [1.54, 1.807) is 18.3 Å². The maximum atomic E-state index is 15.4. The zero-order valence-electron chi connectivity index (χ0n) is 24.4. The number of hydrogen-bond donors (Lipinski definition) is 1. The number of nitrogens with zero attached hydrogens (tertiary/aromatic N) is 3. The van der Waals surface area contributed by atoms with E-state index in [0.29, 0.717) is 6.42 Å². The van der Waals surface area contributed by atoms with E-state index in [1.807, 2.05) is 79.7 Å². The Bertz CT molecular complexity index is 1870. The summed E-state index contributed by atoms with van der Waals surface area (Å²) in [4.78, 5) is 48.9. The highest BCUT2D eigenvalue weighted by Gasteiger charge is 2.44. The molecule has 3 unspecified atom stereocenters. The number of hydrogen-bond acceptors (Lipinski definition) is 4. The van der Waals surface area contributed by atoms with Crippen LogP contribution in [0.1, 0.15) is 36.1 Å². The number of rotatable bonds is 7. The van der Waals surface area contributed by atoms with Crippen LogP contribution in [0.15, 0.2) is 103 Å². The second-order valence-electron chi connectivity index (χ2n) is 11.4. The van der Waals surface area contributed by atoms with Crippen molar-refractivity contribution in [1.82, 2.24) is 14.8 Å². The number of carbonyl (C=O) groups excluding carboxylic acids is 3. The number of carbonyl (C=O) groups is 3. The Labute approximate surface area is 255 Å². The summed E-state index contributed by atoms with van der Waals surface area (Å²) in [6.07, 6.45) is 2.31. The summed E-state index contributed by atoms with van der Waals surface area (Å²) >= 11 is 0. The Kier molecular flexibility index (Phi) is 8.07. The lowest BCUT2D eigenvalue weighted by atomic mass is 9.96. The van der Waals surface area contributed by atoms with Crippen LogP contribution < -0.4 is 5.73 Å². The van der Waals surface area contributed by atoms with Crippen LogP contribution in [0, 0.1) is 5.82 Å². The zero-order chi connectivity index (χ0) is 30.8. The summed E-state index contributed by atoms with van der Waals surface area (Å²) in [6, 6.07) is 26.3. The fourth-order valence-electron chi connectivity index (χ4n) is 6.33. The molecule has 2 heterocycles. The van der Waals surface area contributed by atoms with E-state index in [4.69, 9.17) is 5.73 Å². The lowest BCUT2D eigenvalue weighted by molar-refractivity contribution is -0.148. The molecule has 0 spiro atoms. The lowest BCUT2D eigenvalue weighted by Crippen LogP contribution is -2.52. The summed E-state index contributed by atoms with van der Waals surface area (Å²) in [7, 11) is 0. The molecule has 1 fully saturated rings. The number of aromatic nitrogens is 1. The molecule has 6 rings (SSSR count). The third-order valence-corrected chi connectivity index (χ3v) is 8.57. The van der Waals surface area contributed by atoms with Crippen molar-refractivity contribution in [2.24, 2.45) is 5.73 Å². The molecule has 0 aliphatic carbocycles. The molecule has 7 nitrogen and oxygen atoms in total. The van der Waals surface area contributed by atoms with Crippen LogP contribution in [0.2, 0.25) is 0 Å². The lowest BCUT2D eigenvalue weighted by Gasteiger charge is -2.36. The Morgan fingerprint density at radius 1 is 0.955 bits per heavy atom. The minimum atomic E-state index is -1.27. The van der Waals surface area contributed by atoms with Gasteiger partial charge in [-0.25, -0.2) is 4.39 Å². The number of halogens is 1. The van der Waals surface area contributed by atoms with Gasteiger partial charge in [-0.3, -0.25) is 19.4 Å². The number of primary amides is 1. The van der Waals surface area contributed by atoms with Crippen molar-refractivity contribution in [2.75, 3.05) is 6.54 Å². The molecule has 5 aromatic rings. The van der Waals surface area contributed by atoms with Crippen LogP contribution in [0.3, 0.4) is 0 Å². The minimum Gasteiger partial charge on any atom is -0.368 e. The fourth-order valence-corrected chi connectivity index (χ4v) is 6.33. The normalized spacial score (nSPS) is 17.9. The van der Waals surface area contributed by atoms with Gasteiger partial charge in [-0.1, -0.05) is 72.8 Å². The van der Waals surface area contributed by atoms with E-state index in [9.17, 15) is 14.4 Å². The predicted octanol–water partition coefficient (Wildman–Crippen LogP) is 5.36. The molecule has 0 bridgehead atoms. The largest absolute Gasteiger partial charge is 0.368 e. The second-order valence-corrected chi connectivity index (χ2v) is 11.4. The smallest absolute Gasteiger partial charge is 0.250 e. The second kappa shape index (κ2) is 12.2. The number of fused-ring (bicyclic) bond motifs is 2. The maximum Gasteiger partial charge on any atom is 0.250 e. The van der Waals surface area contributed by atoms with Crippen molar-refractivity contribution in [3.63, 3.8) is 0 Å². The van der Waals surface area contributed by atoms with Crippen molar-refractivity contribution in [3.8, 4) is 0 Å². The molecule has 0 radical (unpaired) electrons. The van der Waals surface area contributed by atoms with Gasteiger partial charge in [0.05, 0.1) is 11.9 Å². The molecule has 1 saturated heterocycles. The Morgan fingerprint density at radius 3 is 2.52 bits per heavy atom. The van der Waals surface area contributed by atoms with Crippen molar-refractivity contribution in [3.05, 3.63) is 126 Å². The number of benzene rings is 4. The Balaban J connectivity index is 1.38. The molecule has 4 aromatic carbocycles. The Morgan fingerprint density at radius 2 is 1.70 bits per heavy atom.